The van der Waals surface area contributed by atoms with E-state index in [4.69, 9.17) is 11.6 Å². The molecule has 35 heavy (non-hydrogen) atoms. The first-order valence-electron chi connectivity index (χ1n) is 9.41. The third-order valence-corrected chi connectivity index (χ3v) is 6.80. The highest BCUT2D eigenvalue weighted by atomic mass is 127. The average molecular weight is 685 g/mol. The molecule has 1 amide bonds. The highest BCUT2D eigenvalue weighted by Crippen LogP contribution is 2.37. The lowest BCUT2D eigenvalue weighted by Crippen LogP contribution is -2.17. The molecule has 0 aliphatic carbocycles. The molecule has 0 fully saturated rings. The third kappa shape index (κ3) is 5.05. The number of amides is 1. The van der Waals surface area contributed by atoms with Gasteiger partial charge >= 0.3 is 6.18 Å². The molecule has 0 saturated carbocycles. The molecule has 180 valence electrons. The summed E-state index contributed by atoms with van der Waals surface area (Å²) in [4.78, 5) is 26.3. The fraction of sp³-hybridized carbons (Fsp3) is 0.0455. The number of nitrogens with zero attached hydrogens (tertiary/aromatic N) is 1. The van der Waals surface area contributed by atoms with Crippen LogP contribution in [0.5, 0.6) is 0 Å². The quantitative estimate of drug-likeness (QED) is 0.134. The summed E-state index contributed by atoms with van der Waals surface area (Å²) in [6.45, 7) is 0. The minimum absolute atomic E-state index is 0.0720. The number of halogens is 8. The van der Waals surface area contributed by atoms with E-state index >= 15 is 0 Å². The molecular formula is C22H9BrClF5IN3O2. The fourth-order valence-electron chi connectivity index (χ4n) is 3.29. The monoisotopic (exact) mass is 683 g/mol. The van der Waals surface area contributed by atoms with E-state index in [-0.39, 0.29) is 32.4 Å². The standard InChI is InChI=1S/C22H9BrClF5IN3O2/c23-17-16(19(34)12-6-10(25)1-2-14(12)24)15(7-13-18(17)32-33-20(13)30)31-21(35)8-3-9(22(27,28)29)5-11(26)4-8/h1-7H,(H,31,35)(H,32,33). The molecule has 5 nitrogen and oxygen atoms in total. The number of fused-ring (bicyclic) bond motifs is 1. The molecule has 2 N–H and O–H groups in total. The normalized spacial score (nSPS) is 11.7. The zero-order valence-corrected chi connectivity index (χ0v) is 21.3. The van der Waals surface area contributed by atoms with Crippen molar-refractivity contribution in [3.63, 3.8) is 0 Å². The number of carbonyl (C=O) groups excluding carboxylic acids is 2. The van der Waals surface area contributed by atoms with Crippen molar-refractivity contribution in [2.24, 2.45) is 0 Å². The van der Waals surface area contributed by atoms with E-state index < -0.39 is 40.6 Å². The molecule has 0 saturated heterocycles. The summed E-state index contributed by atoms with van der Waals surface area (Å²) in [6.07, 6.45) is -4.89. The molecule has 0 spiro atoms. The summed E-state index contributed by atoms with van der Waals surface area (Å²) in [5.74, 6) is -3.92. The zero-order valence-electron chi connectivity index (χ0n) is 16.8. The van der Waals surface area contributed by atoms with Gasteiger partial charge in [-0.1, -0.05) is 11.6 Å². The molecule has 0 aliphatic heterocycles. The van der Waals surface area contributed by atoms with E-state index in [1.807, 2.05) is 22.6 Å². The molecule has 13 heteroatoms. The Kier molecular flexibility index (Phi) is 6.90. The second-order valence-electron chi connectivity index (χ2n) is 7.18. The van der Waals surface area contributed by atoms with Crippen LogP contribution in [0, 0.1) is 15.3 Å². The molecular weight excluding hydrogens is 676 g/mol. The van der Waals surface area contributed by atoms with E-state index in [0.29, 0.717) is 26.7 Å². The van der Waals surface area contributed by atoms with E-state index in [9.17, 15) is 31.5 Å². The predicted molar refractivity (Wildman–Crippen MR) is 131 cm³/mol. The van der Waals surface area contributed by atoms with Gasteiger partial charge in [-0.15, -0.1) is 0 Å². The van der Waals surface area contributed by atoms with Crippen molar-refractivity contribution in [1.29, 1.82) is 0 Å². The number of alkyl halides is 3. The van der Waals surface area contributed by atoms with E-state index in [1.165, 1.54) is 12.1 Å². The van der Waals surface area contributed by atoms with Crippen LogP contribution >= 0.6 is 50.1 Å². The van der Waals surface area contributed by atoms with Crippen LogP contribution in [-0.4, -0.2) is 21.9 Å². The molecule has 0 unspecified atom stereocenters. The molecule has 3 aromatic carbocycles. The van der Waals surface area contributed by atoms with Crippen LogP contribution in [-0.2, 0) is 6.18 Å². The Hall–Kier alpha value is -2.58. The van der Waals surface area contributed by atoms with Crippen LogP contribution in [0.2, 0.25) is 5.02 Å². The third-order valence-electron chi connectivity index (χ3n) is 4.88. The fourth-order valence-corrected chi connectivity index (χ4v) is 4.72. The number of aromatic amines is 1. The number of H-pyrrole nitrogens is 1. The first-order valence-corrected chi connectivity index (χ1v) is 11.7. The summed E-state index contributed by atoms with van der Waals surface area (Å²) in [6, 6.07) is 5.88. The largest absolute Gasteiger partial charge is 0.416 e. The van der Waals surface area contributed by atoms with Gasteiger partial charge in [0.15, 0.2) is 5.78 Å². The highest BCUT2D eigenvalue weighted by molar-refractivity contribution is 14.1. The number of aromatic nitrogens is 2. The SMILES string of the molecule is O=C(Nc1cc2c(I)[nH]nc2c(Br)c1C(=O)c1cc(F)ccc1Cl)c1cc(F)cc(C(F)(F)F)c1. The molecule has 4 aromatic rings. The van der Waals surface area contributed by atoms with Crippen molar-refractivity contribution in [3.05, 3.63) is 89.5 Å². The Morgan fingerprint density at radius 2 is 1.77 bits per heavy atom. The minimum atomic E-state index is -4.89. The lowest BCUT2D eigenvalue weighted by atomic mass is 9.99. The maximum Gasteiger partial charge on any atom is 0.416 e. The molecule has 0 radical (unpaired) electrons. The lowest BCUT2D eigenvalue weighted by molar-refractivity contribution is -0.137. The Balaban J connectivity index is 1.87. The number of rotatable bonds is 4. The summed E-state index contributed by atoms with van der Waals surface area (Å²) in [7, 11) is 0. The van der Waals surface area contributed by atoms with Gasteiger partial charge in [-0.05, 0) is 81.0 Å². The van der Waals surface area contributed by atoms with Gasteiger partial charge in [-0.3, -0.25) is 14.7 Å². The van der Waals surface area contributed by atoms with Gasteiger partial charge in [0, 0.05) is 16.5 Å². The van der Waals surface area contributed by atoms with Gasteiger partial charge in [0.05, 0.1) is 26.3 Å². The maximum absolute atomic E-state index is 13.8. The number of hydrogen-bond donors (Lipinski definition) is 2. The molecule has 0 aliphatic rings. The summed E-state index contributed by atoms with van der Waals surface area (Å²) < 4.78 is 67.6. The number of benzene rings is 3. The Morgan fingerprint density at radius 1 is 1.06 bits per heavy atom. The van der Waals surface area contributed by atoms with E-state index in [1.54, 1.807) is 0 Å². The topological polar surface area (TPSA) is 74.8 Å². The maximum atomic E-state index is 13.8. The molecule has 0 atom stereocenters. The van der Waals surface area contributed by atoms with Crippen molar-refractivity contribution in [2.75, 3.05) is 5.32 Å². The lowest BCUT2D eigenvalue weighted by Gasteiger charge is -2.15. The second kappa shape index (κ2) is 9.47. The van der Waals surface area contributed by atoms with Crippen molar-refractivity contribution < 1.29 is 31.5 Å². The zero-order chi connectivity index (χ0) is 25.7. The first kappa shape index (κ1) is 25.5. The summed E-state index contributed by atoms with van der Waals surface area (Å²) in [5, 5.41) is 9.56. The van der Waals surface area contributed by atoms with Crippen LogP contribution < -0.4 is 5.32 Å². The highest BCUT2D eigenvalue weighted by Gasteiger charge is 2.32. The smallest absolute Gasteiger partial charge is 0.321 e. The number of anilines is 1. The van der Waals surface area contributed by atoms with E-state index in [2.05, 4.69) is 31.4 Å². The van der Waals surface area contributed by atoms with Gasteiger partial charge in [0.2, 0.25) is 0 Å². The van der Waals surface area contributed by atoms with Crippen LogP contribution in [0.4, 0.5) is 27.6 Å². The van der Waals surface area contributed by atoms with Crippen molar-refractivity contribution in [2.45, 2.75) is 6.18 Å². The van der Waals surface area contributed by atoms with Gasteiger partial charge in [0.1, 0.15) is 20.9 Å². The van der Waals surface area contributed by atoms with Crippen LogP contribution in [0.15, 0.2) is 46.9 Å². The summed E-state index contributed by atoms with van der Waals surface area (Å²) >= 11 is 11.3. The molecule has 1 heterocycles. The average Bonchev–Trinajstić information content (AvgIpc) is 3.15. The molecule has 4 rings (SSSR count). The van der Waals surface area contributed by atoms with Crippen LogP contribution in [0.25, 0.3) is 10.9 Å². The van der Waals surface area contributed by atoms with Crippen molar-refractivity contribution >= 4 is 78.4 Å². The number of ketones is 1. The van der Waals surface area contributed by atoms with Gasteiger partial charge in [-0.2, -0.15) is 18.3 Å². The number of hydrogen-bond acceptors (Lipinski definition) is 3. The van der Waals surface area contributed by atoms with Crippen molar-refractivity contribution in [3.8, 4) is 0 Å². The summed E-state index contributed by atoms with van der Waals surface area (Å²) in [5.41, 5.74) is -2.24. The predicted octanol–water partition coefficient (Wildman–Crippen LogP) is 7.36. The molecule has 0 bridgehead atoms. The molecule has 1 aromatic heterocycles. The van der Waals surface area contributed by atoms with Gasteiger partial charge < -0.3 is 5.32 Å². The van der Waals surface area contributed by atoms with Crippen LogP contribution in [0.3, 0.4) is 0 Å². The number of nitrogens with one attached hydrogen (secondary N) is 2. The second-order valence-corrected chi connectivity index (χ2v) is 9.46. The Labute approximate surface area is 220 Å². The van der Waals surface area contributed by atoms with Gasteiger partial charge in [-0.25, -0.2) is 8.78 Å². The van der Waals surface area contributed by atoms with Gasteiger partial charge in [0.25, 0.3) is 5.91 Å². The Morgan fingerprint density at radius 3 is 2.46 bits per heavy atom. The van der Waals surface area contributed by atoms with Crippen molar-refractivity contribution in [1.82, 2.24) is 10.2 Å². The minimum Gasteiger partial charge on any atom is -0.321 e. The van der Waals surface area contributed by atoms with Crippen LogP contribution in [0.1, 0.15) is 31.8 Å². The Bertz CT molecular complexity index is 1520. The first-order chi connectivity index (χ1) is 16.4. The number of carbonyl (C=O) groups is 2. The van der Waals surface area contributed by atoms with E-state index in [0.717, 1.165) is 12.1 Å².